The van der Waals surface area contributed by atoms with Gasteiger partial charge in [0.15, 0.2) is 0 Å². The molecule has 14 heavy (non-hydrogen) atoms. The van der Waals surface area contributed by atoms with Gasteiger partial charge in [-0.05, 0) is 12.5 Å². The van der Waals surface area contributed by atoms with E-state index in [4.69, 9.17) is 0 Å². The van der Waals surface area contributed by atoms with Crippen LogP contribution in [0.25, 0.3) is 0 Å². The van der Waals surface area contributed by atoms with Gasteiger partial charge in [0.05, 0.1) is 11.9 Å². The molecule has 1 fully saturated rings. The predicted molar refractivity (Wildman–Crippen MR) is 56.1 cm³/mol. The fourth-order valence-corrected chi connectivity index (χ4v) is 1.88. The standard InChI is InChI=1S/C10H18N4/c1-9-7-12-13(2)10(9)8-14-5-3-11-4-6-14/h7,11H,3-6,8H2,1-2H3. The molecule has 2 heterocycles. The minimum absolute atomic E-state index is 1.03. The predicted octanol–water partition coefficient (Wildman–Crippen LogP) is 0.134. The number of aryl methyl sites for hydroxylation is 2. The first-order valence-corrected chi connectivity index (χ1v) is 5.18. The Balaban J connectivity index is 2.02. The third-order valence-electron chi connectivity index (χ3n) is 2.85. The summed E-state index contributed by atoms with van der Waals surface area (Å²) >= 11 is 0. The van der Waals surface area contributed by atoms with Crippen LogP contribution in [0.1, 0.15) is 11.3 Å². The molecule has 4 nitrogen and oxygen atoms in total. The second kappa shape index (κ2) is 4.11. The third kappa shape index (κ3) is 1.96. The maximum Gasteiger partial charge on any atom is 0.0550 e. The summed E-state index contributed by atoms with van der Waals surface area (Å²) in [6.45, 7) is 7.66. The molecule has 0 aromatic carbocycles. The number of nitrogens with zero attached hydrogens (tertiary/aromatic N) is 3. The van der Waals surface area contributed by atoms with Crippen LogP contribution in [-0.2, 0) is 13.6 Å². The zero-order valence-corrected chi connectivity index (χ0v) is 8.95. The van der Waals surface area contributed by atoms with Crippen molar-refractivity contribution in [3.63, 3.8) is 0 Å². The van der Waals surface area contributed by atoms with E-state index in [1.165, 1.54) is 11.3 Å². The molecule has 0 unspecified atom stereocenters. The molecule has 0 amide bonds. The summed E-state index contributed by atoms with van der Waals surface area (Å²) in [5.74, 6) is 0. The van der Waals surface area contributed by atoms with E-state index in [-0.39, 0.29) is 0 Å². The Morgan fingerprint density at radius 1 is 1.43 bits per heavy atom. The van der Waals surface area contributed by atoms with Gasteiger partial charge >= 0.3 is 0 Å². The van der Waals surface area contributed by atoms with Crippen molar-refractivity contribution in [1.82, 2.24) is 20.0 Å². The van der Waals surface area contributed by atoms with E-state index in [1.54, 1.807) is 0 Å². The van der Waals surface area contributed by atoms with Gasteiger partial charge in [0.1, 0.15) is 0 Å². The van der Waals surface area contributed by atoms with E-state index in [9.17, 15) is 0 Å². The van der Waals surface area contributed by atoms with Crippen LogP contribution in [0, 0.1) is 6.92 Å². The van der Waals surface area contributed by atoms with Crippen molar-refractivity contribution in [2.75, 3.05) is 26.2 Å². The van der Waals surface area contributed by atoms with Crippen molar-refractivity contribution in [2.45, 2.75) is 13.5 Å². The highest BCUT2D eigenvalue weighted by Gasteiger charge is 2.13. The quantitative estimate of drug-likeness (QED) is 0.726. The largest absolute Gasteiger partial charge is 0.314 e. The molecule has 1 aromatic heterocycles. The molecule has 2 rings (SSSR count). The fourth-order valence-electron chi connectivity index (χ4n) is 1.88. The van der Waals surface area contributed by atoms with Gasteiger partial charge in [0.25, 0.3) is 0 Å². The van der Waals surface area contributed by atoms with Crippen molar-refractivity contribution in [1.29, 1.82) is 0 Å². The molecule has 0 spiro atoms. The van der Waals surface area contributed by atoms with E-state index in [2.05, 4.69) is 22.2 Å². The Bertz CT molecular complexity index is 280. The van der Waals surface area contributed by atoms with Crippen LogP contribution in [0.15, 0.2) is 6.20 Å². The first-order valence-electron chi connectivity index (χ1n) is 5.18. The van der Waals surface area contributed by atoms with E-state index in [0.29, 0.717) is 0 Å². The smallest absolute Gasteiger partial charge is 0.0550 e. The van der Waals surface area contributed by atoms with Crippen LogP contribution in [0.2, 0.25) is 0 Å². The first kappa shape index (κ1) is 9.68. The maximum absolute atomic E-state index is 4.26. The molecule has 0 atom stereocenters. The van der Waals surface area contributed by atoms with Gasteiger partial charge < -0.3 is 5.32 Å². The maximum atomic E-state index is 4.26. The molecule has 4 heteroatoms. The Morgan fingerprint density at radius 2 is 2.14 bits per heavy atom. The first-order chi connectivity index (χ1) is 6.77. The molecular weight excluding hydrogens is 176 g/mol. The van der Waals surface area contributed by atoms with Crippen molar-refractivity contribution >= 4 is 0 Å². The van der Waals surface area contributed by atoms with Crippen LogP contribution in [0.5, 0.6) is 0 Å². The van der Waals surface area contributed by atoms with Gasteiger partial charge in [-0.15, -0.1) is 0 Å². The topological polar surface area (TPSA) is 33.1 Å². The van der Waals surface area contributed by atoms with Crippen LogP contribution >= 0.6 is 0 Å². The number of aromatic nitrogens is 2. The van der Waals surface area contributed by atoms with Crippen molar-refractivity contribution in [3.05, 3.63) is 17.5 Å². The summed E-state index contributed by atoms with van der Waals surface area (Å²) in [5.41, 5.74) is 2.64. The minimum Gasteiger partial charge on any atom is -0.314 e. The van der Waals surface area contributed by atoms with Crippen molar-refractivity contribution in [3.8, 4) is 0 Å². The van der Waals surface area contributed by atoms with E-state index >= 15 is 0 Å². The van der Waals surface area contributed by atoms with E-state index < -0.39 is 0 Å². The Morgan fingerprint density at radius 3 is 2.71 bits per heavy atom. The normalized spacial score (nSPS) is 18.7. The lowest BCUT2D eigenvalue weighted by Crippen LogP contribution is -2.43. The highest BCUT2D eigenvalue weighted by molar-refractivity contribution is 5.15. The van der Waals surface area contributed by atoms with Gasteiger partial charge in [-0.25, -0.2) is 0 Å². The van der Waals surface area contributed by atoms with Crippen molar-refractivity contribution < 1.29 is 0 Å². The summed E-state index contributed by atoms with van der Waals surface area (Å²) in [4.78, 5) is 2.47. The summed E-state index contributed by atoms with van der Waals surface area (Å²) < 4.78 is 1.98. The molecule has 1 aromatic rings. The molecule has 0 bridgehead atoms. The highest BCUT2D eigenvalue weighted by Crippen LogP contribution is 2.09. The number of rotatable bonds is 2. The summed E-state index contributed by atoms with van der Waals surface area (Å²) in [5, 5.41) is 7.62. The van der Waals surface area contributed by atoms with E-state index in [0.717, 1.165) is 32.7 Å². The second-order valence-electron chi connectivity index (χ2n) is 3.92. The van der Waals surface area contributed by atoms with Crippen LogP contribution in [-0.4, -0.2) is 40.9 Å². The van der Waals surface area contributed by atoms with Gasteiger partial charge in [0.2, 0.25) is 0 Å². The SMILES string of the molecule is Cc1cnn(C)c1CN1CCNCC1. The Hall–Kier alpha value is -0.870. The lowest BCUT2D eigenvalue weighted by Gasteiger charge is -2.27. The Kier molecular flexibility index (Phi) is 2.84. The summed E-state index contributed by atoms with van der Waals surface area (Å²) in [6.07, 6.45) is 1.94. The van der Waals surface area contributed by atoms with Crippen LogP contribution in [0.4, 0.5) is 0 Å². The molecule has 0 saturated carbocycles. The lowest BCUT2D eigenvalue weighted by molar-refractivity contribution is 0.227. The molecule has 1 saturated heterocycles. The molecule has 1 N–H and O–H groups in total. The van der Waals surface area contributed by atoms with Crippen molar-refractivity contribution in [2.24, 2.45) is 7.05 Å². The zero-order chi connectivity index (χ0) is 9.97. The third-order valence-corrected chi connectivity index (χ3v) is 2.85. The number of hydrogen-bond donors (Lipinski definition) is 1. The van der Waals surface area contributed by atoms with Crippen LogP contribution < -0.4 is 5.32 Å². The molecule has 0 aliphatic carbocycles. The monoisotopic (exact) mass is 194 g/mol. The van der Waals surface area contributed by atoms with Gasteiger partial charge in [-0.3, -0.25) is 9.58 Å². The number of nitrogens with one attached hydrogen (secondary N) is 1. The fraction of sp³-hybridized carbons (Fsp3) is 0.700. The lowest BCUT2D eigenvalue weighted by atomic mass is 10.2. The Labute approximate surface area is 84.9 Å². The molecule has 0 radical (unpaired) electrons. The zero-order valence-electron chi connectivity index (χ0n) is 8.95. The highest BCUT2D eigenvalue weighted by atomic mass is 15.3. The second-order valence-corrected chi connectivity index (χ2v) is 3.92. The van der Waals surface area contributed by atoms with Crippen LogP contribution in [0.3, 0.4) is 0 Å². The minimum atomic E-state index is 1.03. The molecule has 1 aliphatic rings. The van der Waals surface area contributed by atoms with Gasteiger partial charge in [-0.1, -0.05) is 0 Å². The molecule has 78 valence electrons. The average molecular weight is 194 g/mol. The molecule has 1 aliphatic heterocycles. The number of hydrogen-bond acceptors (Lipinski definition) is 3. The molecular formula is C10H18N4. The average Bonchev–Trinajstić information content (AvgIpc) is 2.51. The van der Waals surface area contributed by atoms with Gasteiger partial charge in [0, 0.05) is 39.8 Å². The summed E-state index contributed by atoms with van der Waals surface area (Å²) in [7, 11) is 2.02. The van der Waals surface area contributed by atoms with E-state index in [1.807, 2.05) is 17.9 Å². The van der Waals surface area contributed by atoms with Gasteiger partial charge in [-0.2, -0.15) is 5.10 Å². The summed E-state index contributed by atoms with van der Waals surface area (Å²) in [6, 6.07) is 0. The number of piperazine rings is 1.